The first-order valence-electron chi connectivity index (χ1n) is 7.86. The standard InChI is InChI=1S/C21H24/c1-3-11-20(18-13-7-5-8-14-18)17-21(12-4-2)19-15-9-6-10-16-19/h5-11,13-17H,3-4,12H2,1-2H3/b20-11+,21-17+. The van der Waals surface area contributed by atoms with Crippen molar-refractivity contribution in [1.29, 1.82) is 0 Å². The zero-order chi connectivity index (χ0) is 14.9. The van der Waals surface area contributed by atoms with E-state index >= 15 is 0 Å². The van der Waals surface area contributed by atoms with Crippen LogP contribution in [0.1, 0.15) is 44.2 Å². The van der Waals surface area contributed by atoms with Gasteiger partial charge in [0.05, 0.1) is 0 Å². The van der Waals surface area contributed by atoms with Gasteiger partial charge in [0.2, 0.25) is 0 Å². The van der Waals surface area contributed by atoms with Crippen molar-refractivity contribution < 1.29 is 0 Å². The Kier molecular flexibility index (Phi) is 6.02. The summed E-state index contributed by atoms with van der Waals surface area (Å²) in [6.07, 6.45) is 7.99. The number of rotatable bonds is 6. The molecule has 0 amide bonds. The first-order chi connectivity index (χ1) is 10.3. The van der Waals surface area contributed by atoms with E-state index in [4.69, 9.17) is 0 Å². The summed E-state index contributed by atoms with van der Waals surface area (Å²) < 4.78 is 0. The molecule has 2 rings (SSSR count). The van der Waals surface area contributed by atoms with Gasteiger partial charge in [0.25, 0.3) is 0 Å². The van der Waals surface area contributed by atoms with Gasteiger partial charge in [-0.3, -0.25) is 0 Å². The number of hydrogen-bond acceptors (Lipinski definition) is 0. The van der Waals surface area contributed by atoms with E-state index in [-0.39, 0.29) is 0 Å². The molecule has 0 aromatic heterocycles. The summed E-state index contributed by atoms with van der Waals surface area (Å²) >= 11 is 0. The molecule has 0 aliphatic carbocycles. The van der Waals surface area contributed by atoms with E-state index < -0.39 is 0 Å². The third-order valence-electron chi connectivity index (χ3n) is 3.52. The zero-order valence-electron chi connectivity index (χ0n) is 13.0. The molecule has 0 fully saturated rings. The fourth-order valence-corrected chi connectivity index (χ4v) is 2.52. The third kappa shape index (κ3) is 4.46. The summed E-state index contributed by atoms with van der Waals surface area (Å²) in [7, 11) is 0. The first kappa shape index (κ1) is 15.3. The maximum absolute atomic E-state index is 2.36. The van der Waals surface area contributed by atoms with Crippen molar-refractivity contribution in [2.75, 3.05) is 0 Å². The monoisotopic (exact) mass is 276 g/mol. The summed E-state index contributed by atoms with van der Waals surface area (Å²) in [6.45, 7) is 4.43. The van der Waals surface area contributed by atoms with Gasteiger partial charge in [0.1, 0.15) is 0 Å². The highest BCUT2D eigenvalue weighted by atomic mass is 14.1. The highest BCUT2D eigenvalue weighted by Crippen LogP contribution is 2.26. The van der Waals surface area contributed by atoms with E-state index in [0.717, 1.165) is 19.3 Å². The summed E-state index contributed by atoms with van der Waals surface area (Å²) in [5.74, 6) is 0. The molecule has 0 atom stereocenters. The average Bonchev–Trinajstić information content (AvgIpc) is 2.55. The summed E-state index contributed by atoms with van der Waals surface area (Å²) in [4.78, 5) is 0. The Labute approximate surface area is 128 Å². The van der Waals surface area contributed by atoms with Gasteiger partial charge in [-0.2, -0.15) is 0 Å². The number of allylic oxidation sites excluding steroid dienone is 4. The summed E-state index contributed by atoms with van der Waals surface area (Å²) in [6, 6.07) is 21.4. The molecule has 0 aliphatic heterocycles. The van der Waals surface area contributed by atoms with Gasteiger partial charge in [-0.05, 0) is 35.1 Å². The summed E-state index contributed by atoms with van der Waals surface area (Å²) in [5, 5.41) is 0. The van der Waals surface area contributed by atoms with Gasteiger partial charge < -0.3 is 0 Å². The van der Waals surface area contributed by atoms with E-state index in [9.17, 15) is 0 Å². The van der Waals surface area contributed by atoms with Crippen LogP contribution in [0.25, 0.3) is 11.1 Å². The molecule has 0 heterocycles. The van der Waals surface area contributed by atoms with Crippen molar-refractivity contribution in [3.63, 3.8) is 0 Å². The molecule has 0 bridgehead atoms. The average molecular weight is 276 g/mol. The topological polar surface area (TPSA) is 0 Å². The Morgan fingerprint density at radius 1 is 0.810 bits per heavy atom. The van der Waals surface area contributed by atoms with Crippen LogP contribution in [-0.2, 0) is 0 Å². The first-order valence-corrected chi connectivity index (χ1v) is 7.86. The lowest BCUT2D eigenvalue weighted by atomic mass is 9.95. The van der Waals surface area contributed by atoms with Crippen LogP contribution in [0.2, 0.25) is 0 Å². The minimum absolute atomic E-state index is 1.05. The van der Waals surface area contributed by atoms with Gasteiger partial charge in [-0.25, -0.2) is 0 Å². The van der Waals surface area contributed by atoms with Crippen molar-refractivity contribution in [2.24, 2.45) is 0 Å². The second-order valence-corrected chi connectivity index (χ2v) is 5.22. The SMILES string of the molecule is CC/C=C(\C=C(/CCC)c1ccccc1)c1ccccc1. The van der Waals surface area contributed by atoms with Crippen molar-refractivity contribution in [3.8, 4) is 0 Å². The largest absolute Gasteiger partial charge is 0.0769 e. The third-order valence-corrected chi connectivity index (χ3v) is 3.52. The van der Waals surface area contributed by atoms with Crippen LogP contribution in [0, 0.1) is 0 Å². The molecular formula is C21H24. The van der Waals surface area contributed by atoms with E-state index in [1.165, 1.54) is 22.3 Å². The van der Waals surface area contributed by atoms with E-state index in [0.29, 0.717) is 0 Å². The maximum Gasteiger partial charge on any atom is -0.0187 e. The normalized spacial score (nSPS) is 12.5. The Bertz CT molecular complexity index is 588. The van der Waals surface area contributed by atoms with Gasteiger partial charge in [-0.15, -0.1) is 0 Å². The molecule has 0 saturated heterocycles. The minimum Gasteiger partial charge on any atom is -0.0769 e. The number of hydrogen-bond donors (Lipinski definition) is 0. The van der Waals surface area contributed by atoms with Crippen LogP contribution < -0.4 is 0 Å². The van der Waals surface area contributed by atoms with Crippen LogP contribution in [-0.4, -0.2) is 0 Å². The molecule has 2 aromatic carbocycles. The highest BCUT2D eigenvalue weighted by molar-refractivity contribution is 5.83. The predicted molar refractivity (Wildman–Crippen MR) is 94.0 cm³/mol. The van der Waals surface area contributed by atoms with E-state index in [1.807, 2.05) is 0 Å². The number of benzene rings is 2. The van der Waals surface area contributed by atoms with Gasteiger partial charge in [-0.1, -0.05) is 93.1 Å². The molecule has 0 aliphatic rings. The molecule has 0 saturated carbocycles. The van der Waals surface area contributed by atoms with Crippen molar-refractivity contribution >= 4 is 11.1 Å². The van der Waals surface area contributed by atoms with Crippen LogP contribution >= 0.6 is 0 Å². The zero-order valence-corrected chi connectivity index (χ0v) is 13.0. The Morgan fingerprint density at radius 2 is 1.38 bits per heavy atom. The molecule has 0 spiro atoms. The molecule has 0 nitrogen and oxygen atoms in total. The van der Waals surface area contributed by atoms with E-state index in [1.54, 1.807) is 0 Å². The molecule has 0 radical (unpaired) electrons. The van der Waals surface area contributed by atoms with Crippen LogP contribution in [0.5, 0.6) is 0 Å². The van der Waals surface area contributed by atoms with Crippen molar-refractivity contribution in [3.05, 3.63) is 83.9 Å². The highest BCUT2D eigenvalue weighted by Gasteiger charge is 2.03. The fourth-order valence-electron chi connectivity index (χ4n) is 2.52. The Hall–Kier alpha value is -2.08. The van der Waals surface area contributed by atoms with Gasteiger partial charge >= 0.3 is 0 Å². The second kappa shape index (κ2) is 8.26. The lowest BCUT2D eigenvalue weighted by Gasteiger charge is -2.10. The van der Waals surface area contributed by atoms with Crippen LogP contribution in [0.15, 0.2) is 72.8 Å². The van der Waals surface area contributed by atoms with Crippen LogP contribution in [0.4, 0.5) is 0 Å². The smallest absolute Gasteiger partial charge is 0.0187 e. The lowest BCUT2D eigenvalue weighted by molar-refractivity contribution is 0.973. The summed E-state index contributed by atoms with van der Waals surface area (Å²) in [5.41, 5.74) is 5.37. The van der Waals surface area contributed by atoms with Crippen LogP contribution in [0.3, 0.4) is 0 Å². The molecule has 0 unspecified atom stereocenters. The second-order valence-electron chi connectivity index (χ2n) is 5.22. The fraction of sp³-hybridized carbons (Fsp3) is 0.238. The molecule has 108 valence electrons. The van der Waals surface area contributed by atoms with Crippen molar-refractivity contribution in [1.82, 2.24) is 0 Å². The van der Waals surface area contributed by atoms with Gasteiger partial charge in [0, 0.05) is 0 Å². The Balaban J connectivity index is 2.41. The Morgan fingerprint density at radius 3 is 1.90 bits per heavy atom. The van der Waals surface area contributed by atoms with E-state index in [2.05, 4.69) is 86.7 Å². The van der Waals surface area contributed by atoms with Crippen molar-refractivity contribution in [2.45, 2.75) is 33.1 Å². The molecule has 2 aromatic rings. The van der Waals surface area contributed by atoms with Gasteiger partial charge in [0.15, 0.2) is 0 Å². The maximum atomic E-state index is 2.36. The minimum atomic E-state index is 1.05. The quantitative estimate of drug-likeness (QED) is 0.538. The molecule has 21 heavy (non-hydrogen) atoms. The predicted octanol–water partition coefficient (Wildman–Crippen LogP) is 6.36. The molecular weight excluding hydrogens is 252 g/mol. The lowest BCUT2D eigenvalue weighted by Crippen LogP contribution is -1.87. The molecule has 0 heteroatoms. The molecule has 0 N–H and O–H groups in total.